The molecule has 0 saturated carbocycles. The molecule has 0 radical (unpaired) electrons. The minimum absolute atomic E-state index is 0.0434. The lowest BCUT2D eigenvalue weighted by atomic mass is 10.0. The van der Waals surface area contributed by atoms with E-state index in [4.69, 9.17) is 14.2 Å². The Morgan fingerprint density at radius 2 is 1.07 bits per heavy atom. The van der Waals surface area contributed by atoms with Crippen LogP contribution >= 0.6 is 0 Å². The third-order valence-corrected chi connectivity index (χ3v) is 7.05. The van der Waals surface area contributed by atoms with E-state index in [9.17, 15) is 19.5 Å². The van der Waals surface area contributed by atoms with Gasteiger partial charge >= 0.3 is 5.97 Å². The van der Waals surface area contributed by atoms with Gasteiger partial charge in [-0.1, -0.05) is 84.0 Å². The summed E-state index contributed by atoms with van der Waals surface area (Å²) in [6, 6.07) is -1.05. The Labute approximate surface area is 255 Å². The van der Waals surface area contributed by atoms with Gasteiger partial charge in [-0.3, -0.25) is 9.59 Å². The summed E-state index contributed by atoms with van der Waals surface area (Å²) in [6.45, 7) is 6.93. The van der Waals surface area contributed by atoms with E-state index in [1.54, 1.807) is 0 Å². The van der Waals surface area contributed by atoms with Gasteiger partial charge in [0.1, 0.15) is 6.04 Å². The van der Waals surface area contributed by atoms with Crippen molar-refractivity contribution in [3.05, 3.63) is 0 Å². The Morgan fingerprint density at radius 1 is 0.595 bits per heavy atom. The summed E-state index contributed by atoms with van der Waals surface area (Å²) in [5, 5.41) is 17.9. The fourth-order valence-corrected chi connectivity index (χ4v) is 4.49. The first-order chi connectivity index (χ1) is 20.5. The maximum Gasteiger partial charge on any atom is 0.326 e. The van der Waals surface area contributed by atoms with Gasteiger partial charge in [0.15, 0.2) is 0 Å². The summed E-state index contributed by atoms with van der Waals surface area (Å²) in [6.07, 6.45) is 18.1. The highest BCUT2D eigenvalue weighted by Gasteiger charge is 2.20. The number of carbonyl (C=O) groups excluding carboxylic acids is 2. The van der Waals surface area contributed by atoms with Crippen LogP contribution in [0.3, 0.4) is 0 Å². The van der Waals surface area contributed by atoms with Crippen molar-refractivity contribution in [2.75, 3.05) is 59.8 Å². The quantitative estimate of drug-likeness (QED) is 0.0774. The maximum atomic E-state index is 12.2. The molecular weight excluding hydrogens is 538 g/mol. The number of hydrogen-bond donors (Lipinski definition) is 4. The Bertz CT molecular complexity index is 637. The molecule has 0 aromatic carbocycles. The molecule has 1 atom stereocenters. The predicted octanol–water partition coefficient (Wildman–Crippen LogP) is 4.98. The molecular formula is C32H63N3O7. The lowest BCUT2D eigenvalue weighted by Gasteiger charge is -2.14. The molecule has 248 valence electrons. The van der Waals surface area contributed by atoms with Gasteiger partial charge in [-0.25, -0.2) is 4.79 Å². The van der Waals surface area contributed by atoms with E-state index in [1.807, 2.05) is 7.05 Å². The van der Waals surface area contributed by atoms with Crippen molar-refractivity contribution >= 4 is 17.8 Å². The first kappa shape index (κ1) is 40.2. The topological polar surface area (TPSA) is 135 Å². The van der Waals surface area contributed by atoms with Gasteiger partial charge < -0.3 is 35.3 Å². The molecule has 0 aromatic heterocycles. The van der Waals surface area contributed by atoms with Gasteiger partial charge in [-0.2, -0.15) is 0 Å². The lowest BCUT2D eigenvalue weighted by Crippen LogP contribution is -2.41. The molecule has 1 unspecified atom stereocenters. The van der Waals surface area contributed by atoms with Crippen LogP contribution in [-0.2, 0) is 28.6 Å². The zero-order valence-electron chi connectivity index (χ0n) is 26.9. The third kappa shape index (κ3) is 29.7. The van der Waals surface area contributed by atoms with Crippen molar-refractivity contribution in [3.8, 4) is 0 Å². The molecule has 0 bridgehead atoms. The smallest absolute Gasteiger partial charge is 0.326 e. The second-order valence-electron chi connectivity index (χ2n) is 11.0. The van der Waals surface area contributed by atoms with Gasteiger partial charge in [0.05, 0.1) is 26.4 Å². The zero-order valence-corrected chi connectivity index (χ0v) is 26.9. The number of amides is 2. The van der Waals surface area contributed by atoms with Crippen LogP contribution in [0.2, 0.25) is 0 Å². The van der Waals surface area contributed by atoms with Crippen LogP contribution < -0.4 is 16.0 Å². The summed E-state index contributed by atoms with van der Waals surface area (Å²) in [4.78, 5) is 35.9. The molecule has 10 heteroatoms. The fraction of sp³-hybridized carbons (Fsp3) is 0.906. The van der Waals surface area contributed by atoms with E-state index >= 15 is 0 Å². The van der Waals surface area contributed by atoms with Gasteiger partial charge in [0.2, 0.25) is 11.8 Å². The van der Waals surface area contributed by atoms with E-state index in [-0.39, 0.29) is 24.7 Å². The van der Waals surface area contributed by atoms with Crippen molar-refractivity contribution in [1.29, 1.82) is 0 Å². The Hall–Kier alpha value is -1.75. The normalized spacial score (nSPS) is 11.9. The van der Waals surface area contributed by atoms with Crippen LogP contribution in [0.1, 0.15) is 122 Å². The molecule has 0 spiro atoms. The molecule has 0 fully saturated rings. The standard InChI is InChI=1S/C32H63N3O7/c1-3-4-5-6-7-8-9-10-11-12-13-14-15-18-31(37)35-29(32(38)39)19-20-30(36)34-22-17-24-41-26-28-42-27-25-40-23-16-21-33-2/h29,33H,3-28H2,1-2H3,(H,34,36)(H,35,37)(H,38,39). The van der Waals surface area contributed by atoms with Crippen LogP contribution in [0, 0.1) is 0 Å². The van der Waals surface area contributed by atoms with Crippen LogP contribution in [0.15, 0.2) is 0 Å². The molecule has 0 aliphatic rings. The van der Waals surface area contributed by atoms with Crippen molar-refractivity contribution in [1.82, 2.24) is 16.0 Å². The van der Waals surface area contributed by atoms with Crippen LogP contribution in [0.25, 0.3) is 0 Å². The molecule has 4 N–H and O–H groups in total. The molecule has 0 aliphatic carbocycles. The number of aliphatic carboxylic acids is 1. The van der Waals surface area contributed by atoms with Crippen molar-refractivity contribution in [2.24, 2.45) is 0 Å². The molecule has 0 saturated heterocycles. The maximum absolute atomic E-state index is 12.2. The predicted molar refractivity (Wildman–Crippen MR) is 168 cm³/mol. The third-order valence-electron chi connectivity index (χ3n) is 7.05. The van der Waals surface area contributed by atoms with Gasteiger partial charge in [0, 0.05) is 32.6 Å². The minimum Gasteiger partial charge on any atom is -0.480 e. The van der Waals surface area contributed by atoms with E-state index in [0.717, 1.165) is 38.8 Å². The fourth-order valence-electron chi connectivity index (χ4n) is 4.49. The average Bonchev–Trinajstić information content (AvgIpc) is 2.97. The molecule has 0 heterocycles. The molecule has 2 amide bonds. The average molecular weight is 602 g/mol. The van der Waals surface area contributed by atoms with E-state index in [2.05, 4.69) is 22.9 Å². The Balaban J connectivity index is 3.65. The van der Waals surface area contributed by atoms with Gasteiger partial charge in [-0.15, -0.1) is 0 Å². The summed E-state index contributed by atoms with van der Waals surface area (Å²) >= 11 is 0. The van der Waals surface area contributed by atoms with E-state index < -0.39 is 12.0 Å². The second-order valence-corrected chi connectivity index (χ2v) is 11.0. The zero-order chi connectivity index (χ0) is 30.9. The number of hydrogen-bond acceptors (Lipinski definition) is 7. The van der Waals surface area contributed by atoms with Crippen LogP contribution in [0.4, 0.5) is 0 Å². The number of carboxylic acids is 1. The SMILES string of the molecule is CCCCCCCCCCCCCCCC(=O)NC(CCC(=O)NCCCOCCOCCOCCCNC)C(=O)O. The monoisotopic (exact) mass is 601 g/mol. The molecule has 0 aromatic rings. The highest BCUT2D eigenvalue weighted by molar-refractivity contribution is 5.84. The van der Waals surface area contributed by atoms with Gasteiger partial charge in [-0.05, 0) is 39.3 Å². The number of carboxylic acid groups (broad SMARTS) is 1. The largest absolute Gasteiger partial charge is 0.480 e. The highest BCUT2D eigenvalue weighted by atomic mass is 16.5. The van der Waals surface area contributed by atoms with Crippen molar-refractivity contribution < 1.29 is 33.7 Å². The van der Waals surface area contributed by atoms with E-state index in [1.165, 1.54) is 64.2 Å². The number of ether oxygens (including phenoxy) is 3. The van der Waals surface area contributed by atoms with Gasteiger partial charge in [0.25, 0.3) is 0 Å². The van der Waals surface area contributed by atoms with Crippen molar-refractivity contribution in [3.63, 3.8) is 0 Å². The number of unbranched alkanes of at least 4 members (excludes halogenated alkanes) is 12. The first-order valence-electron chi connectivity index (χ1n) is 16.7. The number of carbonyl (C=O) groups is 3. The summed E-state index contributed by atoms with van der Waals surface area (Å²) in [7, 11) is 1.92. The molecule has 0 aliphatic heterocycles. The summed E-state index contributed by atoms with van der Waals surface area (Å²) in [5.41, 5.74) is 0. The van der Waals surface area contributed by atoms with Crippen LogP contribution in [-0.4, -0.2) is 88.7 Å². The first-order valence-corrected chi connectivity index (χ1v) is 16.7. The Morgan fingerprint density at radius 3 is 1.57 bits per heavy atom. The van der Waals surface area contributed by atoms with Crippen molar-refractivity contribution in [2.45, 2.75) is 129 Å². The van der Waals surface area contributed by atoms with Crippen LogP contribution in [0.5, 0.6) is 0 Å². The molecule has 42 heavy (non-hydrogen) atoms. The minimum atomic E-state index is -1.11. The Kier molecular flexibility index (Phi) is 30.8. The number of nitrogens with one attached hydrogen (secondary N) is 3. The summed E-state index contributed by atoms with van der Waals surface area (Å²) in [5.74, 6) is -1.61. The summed E-state index contributed by atoms with van der Waals surface area (Å²) < 4.78 is 16.4. The lowest BCUT2D eigenvalue weighted by molar-refractivity contribution is -0.142. The molecule has 10 nitrogen and oxygen atoms in total. The molecule has 0 rings (SSSR count). The van der Waals surface area contributed by atoms with E-state index in [0.29, 0.717) is 52.4 Å². The second kappa shape index (κ2) is 32.2. The highest BCUT2D eigenvalue weighted by Crippen LogP contribution is 2.13. The number of rotatable bonds is 33.